The van der Waals surface area contributed by atoms with Gasteiger partial charge in [0, 0.05) is 26.7 Å². The topological polar surface area (TPSA) is 26.8 Å². The first-order valence-corrected chi connectivity index (χ1v) is 7.67. The maximum atomic E-state index is 12.8. The Hall–Kier alpha value is -1.55. The van der Waals surface area contributed by atoms with Crippen molar-refractivity contribution in [2.24, 2.45) is 0 Å². The Morgan fingerprint density at radius 1 is 0.857 bits per heavy atom. The predicted molar refractivity (Wildman–Crippen MR) is 87.4 cm³/mol. The Bertz CT molecular complexity index is 623. The second-order valence-electron chi connectivity index (χ2n) is 6.57. The first kappa shape index (κ1) is 14.4. The molecule has 0 aliphatic carbocycles. The van der Waals surface area contributed by atoms with Crippen LogP contribution in [0.4, 0.5) is 11.4 Å². The lowest BCUT2D eigenvalue weighted by Crippen LogP contribution is -2.61. The van der Waals surface area contributed by atoms with Crippen LogP contribution in [-0.4, -0.2) is 50.6 Å². The Morgan fingerprint density at radius 2 is 1.43 bits per heavy atom. The molecule has 2 aliphatic rings. The van der Waals surface area contributed by atoms with Crippen LogP contribution < -0.4 is 9.80 Å². The molecule has 0 N–H and O–H groups in total. The first-order chi connectivity index (χ1) is 9.84. The fraction of sp³-hybridized carbons (Fsp3) is 0.588. The van der Waals surface area contributed by atoms with E-state index in [4.69, 9.17) is 0 Å². The summed E-state index contributed by atoms with van der Waals surface area (Å²) in [5.41, 5.74) is 7.60. The zero-order chi connectivity index (χ0) is 15.5. The van der Waals surface area contributed by atoms with Crippen LogP contribution >= 0.6 is 0 Å². The van der Waals surface area contributed by atoms with Crippen LogP contribution in [0.3, 0.4) is 0 Å². The van der Waals surface area contributed by atoms with Crippen molar-refractivity contribution in [3.8, 4) is 0 Å². The molecule has 0 bridgehead atoms. The summed E-state index contributed by atoms with van der Waals surface area (Å²) in [5.74, 6) is 0.222. The number of hydrogen-bond acceptors (Lipinski definition) is 3. The zero-order valence-electron chi connectivity index (χ0n) is 13.9. The first-order valence-electron chi connectivity index (χ1n) is 7.67. The van der Waals surface area contributed by atoms with Crippen LogP contribution in [-0.2, 0) is 4.79 Å². The Balaban J connectivity index is 2.25. The molecule has 0 spiro atoms. The van der Waals surface area contributed by atoms with Gasteiger partial charge in [-0.25, -0.2) is 0 Å². The number of likely N-dealkylation sites (N-methyl/N-ethyl adjacent to an activating group) is 2. The van der Waals surface area contributed by atoms with Crippen LogP contribution in [0.1, 0.15) is 22.3 Å². The van der Waals surface area contributed by atoms with Crippen molar-refractivity contribution in [3.05, 3.63) is 22.3 Å². The maximum absolute atomic E-state index is 12.8. The van der Waals surface area contributed by atoms with Gasteiger partial charge >= 0.3 is 0 Å². The zero-order valence-corrected chi connectivity index (χ0v) is 13.9. The van der Waals surface area contributed by atoms with Gasteiger partial charge in [-0.1, -0.05) is 0 Å². The van der Waals surface area contributed by atoms with Crippen molar-refractivity contribution >= 4 is 17.3 Å². The minimum atomic E-state index is -0.0403. The molecule has 114 valence electrons. The number of carbonyl (C=O) groups is 1. The van der Waals surface area contributed by atoms with Gasteiger partial charge in [-0.15, -0.1) is 0 Å². The molecule has 0 aromatic heterocycles. The van der Waals surface area contributed by atoms with Gasteiger partial charge in [0.05, 0.1) is 11.4 Å². The summed E-state index contributed by atoms with van der Waals surface area (Å²) in [6, 6.07) is -0.0403. The minimum Gasteiger partial charge on any atom is -0.355 e. The summed E-state index contributed by atoms with van der Waals surface area (Å²) >= 11 is 0. The molecule has 4 nitrogen and oxygen atoms in total. The quantitative estimate of drug-likeness (QED) is 0.730. The number of nitrogens with zero attached hydrogens (tertiary/aromatic N) is 3. The average molecular weight is 287 g/mol. The minimum absolute atomic E-state index is 0.0403. The molecular weight excluding hydrogens is 262 g/mol. The van der Waals surface area contributed by atoms with Crippen LogP contribution in [0.5, 0.6) is 0 Å². The van der Waals surface area contributed by atoms with E-state index in [1.54, 1.807) is 0 Å². The highest BCUT2D eigenvalue weighted by Crippen LogP contribution is 2.44. The Morgan fingerprint density at radius 3 is 2.05 bits per heavy atom. The molecule has 2 heterocycles. The number of carbonyl (C=O) groups excluding carboxylic acids is 1. The summed E-state index contributed by atoms with van der Waals surface area (Å²) < 4.78 is 0. The van der Waals surface area contributed by atoms with Crippen LogP contribution in [0.2, 0.25) is 0 Å². The molecule has 1 saturated heterocycles. The van der Waals surface area contributed by atoms with E-state index in [1.165, 1.54) is 27.9 Å². The summed E-state index contributed by atoms with van der Waals surface area (Å²) in [4.78, 5) is 19.3. The van der Waals surface area contributed by atoms with Crippen molar-refractivity contribution in [2.75, 3.05) is 43.5 Å². The summed E-state index contributed by atoms with van der Waals surface area (Å²) in [5, 5.41) is 0. The number of amides is 1. The third-order valence-corrected chi connectivity index (χ3v) is 5.44. The van der Waals surface area contributed by atoms with Gasteiger partial charge in [-0.3, -0.25) is 4.79 Å². The number of piperazine rings is 1. The van der Waals surface area contributed by atoms with Gasteiger partial charge in [0.2, 0.25) is 0 Å². The van der Waals surface area contributed by atoms with E-state index < -0.39 is 0 Å². The van der Waals surface area contributed by atoms with Gasteiger partial charge in [-0.05, 0) is 57.0 Å². The van der Waals surface area contributed by atoms with E-state index in [-0.39, 0.29) is 11.9 Å². The van der Waals surface area contributed by atoms with Crippen molar-refractivity contribution in [1.82, 2.24) is 4.90 Å². The highest BCUT2D eigenvalue weighted by Gasteiger charge is 2.41. The Labute approximate surface area is 127 Å². The molecule has 3 rings (SSSR count). The third kappa shape index (κ3) is 1.89. The molecule has 2 aliphatic heterocycles. The summed E-state index contributed by atoms with van der Waals surface area (Å²) in [7, 11) is 4.02. The lowest BCUT2D eigenvalue weighted by atomic mass is 9.91. The fourth-order valence-electron chi connectivity index (χ4n) is 3.77. The molecule has 1 unspecified atom stereocenters. The van der Waals surface area contributed by atoms with Crippen molar-refractivity contribution < 1.29 is 4.79 Å². The van der Waals surface area contributed by atoms with E-state index >= 15 is 0 Å². The van der Waals surface area contributed by atoms with E-state index in [2.05, 4.69) is 44.5 Å². The molecule has 0 saturated carbocycles. The number of fused-ring (bicyclic) bond motifs is 3. The molecule has 1 atom stereocenters. The second kappa shape index (κ2) is 4.73. The highest BCUT2D eigenvalue weighted by atomic mass is 16.2. The smallest absolute Gasteiger partial charge is 0.250 e. The average Bonchev–Trinajstić information content (AvgIpc) is 2.46. The normalized spacial score (nSPS) is 22.4. The third-order valence-electron chi connectivity index (χ3n) is 5.44. The van der Waals surface area contributed by atoms with Crippen molar-refractivity contribution in [3.63, 3.8) is 0 Å². The largest absolute Gasteiger partial charge is 0.355 e. The van der Waals surface area contributed by atoms with Gasteiger partial charge in [0.1, 0.15) is 6.04 Å². The van der Waals surface area contributed by atoms with E-state index in [9.17, 15) is 4.79 Å². The number of rotatable bonds is 0. The molecule has 1 aromatic rings. The summed E-state index contributed by atoms with van der Waals surface area (Å²) in [6.45, 7) is 11.4. The molecule has 0 radical (unpaired) electrons. The Kier molecular flexibility index (Phi) is 3.24. The van der Waals surface area contributed by atoms with Gasteiger partial charge < -0.3 is 14.7 Å². The molecule has 1 amide bonds. The van der Waals surface area contributed by atoms with Gasteiger partial charge in [0.25, 0.3) is 5.91 Å². The maximum Gasteiger partial charge on any atom is 0.250 e. The standard InChI is InChI=1S/C17H25N3O/c1-10-11(2)13(4)16-15(12(10)3)19(6)17(21)14-9-18(5)7-8-20(14)16/h14H,7-9H2,1-6H3. The molecule has 1 aromatic carbocycles. The van der Waals surface area contributed by atoms with Crippen molar-refractivity contribution in [1.29, 1.82) is 0 Å². The SMILES string of the molecule is Cc1c(C)c(C)c2c(c1C)N(C)C(=O)C1CN(C)CCN21. The van der Waals surface area contributed by atoms with E-state index in [0.29, 0.717) is 0 Å². The lowest BCUT2D eigenvalue weighted by Gasteiger charge is -2.48. The fourth-order valence-corrected chi connectivity index (χ4v) is 3.77. The van der Waals surface area contributed by atoms with E-state index in [0.717, 1.165) is 25.3 Å². The summed E-state index contributed by atoms with van der Waals surface area (Å²) in [6.07, 6.45) is 0. The molecular formula is C17H25N3O. The van der Waals surface area contributed by atoms with Gasteiger partial charge in [-0.2, -0.15) is 0 Å². The number of hydrogen-bond donors (Lipinski definition) is 0. The predicted octanol–water partition coefficient (Wildman–Crippen LogP) is 2.02. The van der Waals surface area contributed by atoms with Gasteiger partial charge in [0.15, 0.2) is 0 Å². The molecule has 1 fully saturated rings. The van der Waals surface area contributed by atoms with Crippen molar-refractivity contribution in [2.45, 2.75) is 33.7 Å². The molecule has 21 heavy (non-hydrogen) atoms. The number of anilines is 2. The van der Waals surface area contributed by atoms with Crippen LogP contribution in [0, 0.1) is 27.7 Å². The second-order valence-corrected chi connectivity index (χ2v) is 6.57. The lowest BCUT2D eigenvalue weighted by molar-refractivity contribution is -0.120. The number of benzene rings is 1. The highest BCUT2D eigenvalue weighted by molar-refractivity contribution is 6.07. The van der Waals surface area contributed by atoms with Crippen LogP contribution in [0.25, 0.3) is 0 Å². The molecule has 4 heteroatoms. The van der Waals surface area contributed by atoms with E-state index in [1.807, 2.05) is 11.9 Å². The van der Waals surface area contributed by atoms with Crippen LogP contribution in [0.15, 0.2) is 0 Å². The monoisotopic (exact) mass is 287 g/mol.